The molecule has 0 aliphatic carbocycles. The van der Waals surface area contributed by atoms with Crippen molar-refractivity contribution >= 4 is 16.8 Å². The van der Waals surface area contributed by atoms with Gasteiger partial charge < -0.3 is 4.74 Å². The summed E-state index contributed by atoms with van der Waals surface area (Å²) in [5, 5.41) is -0.535. The van der Waals surface area contributed by atoms with Crippen LogP contribution in [0.1, 0.15) is 10.4 Å². The molecule has 0 atom stereocenters. The second-order valence-electron chi connectivity index (χ2n) is 2.05. The van der Waals surface area contributed by atoms with Crippen molar-refractivity contribution in [3.63, 3.8) is 0 Å². The van der Waals surface area contributed by atoms with Gasteiger partial charge >= 0.3 is 0 Å². The van der Waals surface area contributed by atoms with Crippen molar-refractivity contribution in [3.05, 3.63) is 42.7 Å². The van der Waals surface area contributed by atoms with Crippen LogP contribution in [-0.2, 0) is 0 Å². The Labute approximate surface area is 75.4 Å². The third kappa shape index (κ3) is 1.86. The molecule has 2 nitrogen and oxygen atoms in total. The van der Waals surface area contributed by atoms with Crippen molar-refractivity contribution in [2.75, 3.05) is 0 Å². The summed E-state index contributed by atoms with van der Waals surface area (Å²) in [7, 11) is 0. The number of hydrogen-bond acceptors (Lipinski definition) is 2. The number of carbonyl (C=O) groups excluding carboxylic acids is 1. The molecule has 0 spiro atoms. The van der Waals surface area contributed by atoms with Gasteiger partial charge in [-0.1, -0.05) is 18.7 Å². The Hall–Kier alpha value is -1.28. The molecule has 0 N–H and O–H groups in total. The zero-order valence-electron chi connectivity index (χ0n) is 6.29. The lowest BCUT2D eigenvalue weighted by Gasteiger charge is -2.02. The van der Waals surface area contributed by atoms with Gasteiger partial charge in [-0.15, -0.1) is 0 Å². The number of ether oxygens (including phenoxy) is 1. The summed E-state index contributed by atoms with van der Waals surface area (Å²) in [6, 6.07) is 6.71. The first kappa shape index (κ1) is 8.81. The van der Waals surface area contributed by atoms with Gasteiger partial charge in [-0.3, -0.25) is 4.79 Å². The molecule has 0 saturated carbocycles. The van der Waals surface area contributed by atoms with Crippen LogP contribution < -0.4 is 4.74 Å². The Balaban J connectivity index is 3.07. The van der Waals surface area contributed by atoms with Crippen LogP contribution in [0, 0.1) is 0 Å². The molecular formula is C9H7ClO2. The lowest BCUT2D eigenvalue weighted by atomic mass is 10.2. The predicted molar refractivity (Wildman–Crippen MR) is 47.5 cm³/mol. The van der Waals surface area contributed by atoms with Crippen LogP contribution in [-0.4, -0.2) is 5.24 Å². The number of rotatable bonds is 3. The molecule has 62 valence electrons. The van der Waals surface area contributed by atoms with Crippen molar-refractivity contribution in [2.24, 2.45) is 0 Å². The smallest absolute Gasteiger partial charge is 0.256 e. The van der Waals surface area contributed by atoms with Gasteiger partial charge in [0.1, 0.15) is 5.75 Å². The molecule has 0 heterocycles. The molecular weight excluding hydrogens is 176 g/mol. The SMILES string of the molecule is C=COc1ccccc1C(=O)Cl. The van der Waals surface area contributed by atoms with Gasteiger partial charge in [-0.2, -0.15) is 0 Å². The number of halogens is 1. The quantitative estimate of drug-likeness (QED) is 0.531. The van der Waals surface area contributed by atoms with Crippen molar-refractivity contribution in [1.29, 1.82) is 0 Å². The Bertz CT molecular complexity index is 307. The minimum atomic E-state index is -0.535. The van der Waals surface area contributed by atoms with E-state index in [4.69, 9.17) is 16.3 Å². The Kier molecular flexibility index (Phi) is 2.88. The average molecular weight is 183 g/mol. The van der Waals surface area contributed by atoms with Crippen LogP contribution in [0.4, 0.5) is 0 Å². The number of para-hydroxylation sites is 1. The van der Waals surface area contributed by atoms with Crippen molar-refractivity contribution < 1.29 is 9.53 Å². The lowest BCUT2D eigenvalue weighted by molar-refractivity contribution is 0.107. The molecule has 0 bridgehead atoms. The van der Waals surface area contributed by atoms with Crippen LogP contribution in [0.5, 0.6) is 5.75 Å². The van der Waals surface area contributed by atoms with E-state index >= 15 is 0 Å². The first-order valence-corrected chi connectivity index (χ1v) is 3.70. The highest BCUT2D eigenvalue weighted by Gasteiger charge is 2.07. The van der Waals surface area contributed by atoms with Gasteiger partial charge in [0.15, 0.2) is 0 Å². The van der Waals surface area contributed by atoms with E-state index in [2.05, 4.69) is 6.58 Å². The summed E-state index contributed by atoms with van der Waals surface area (Å²) in [5.74, 6) is 0.424. The van der Waals surface area contributed by atoms with E-state index in [0.29, 0.717) is 11.3 Å². The molecule has 0 radical (unpaired) electrons. The first-order chi connectivity index (χ1) is 5.75. The van der Waals surface area contributed by atoms with E-state index in [1.807, 2.05) is 0 Å². The molecule has 1 aromatic rings. The van der Waals surface area contributed by atoms with E-state index in [9.17, 15) is 4.79 Å². The molecule has 3 heteroatoms. The topological polar surface area (TPSA) is 26.3 Å². The van der Waals surface area contributed by atoms with Crippen molar-refractivity contribution in [2.45, 2.75) is 0 Å². The summed E-state index contributed by atoms with van der Waals surface area (Å²) in [5.41, 5.74) is 0.346. The van der Waals surface area contributed by atoms with Gasteiger partial charge in [0.2, 0.25) is 0 Å². The molecule has 0 amide bonds. The van der Waals surface area contributed by atoms with Crippen LogP contribution in [0.25, 0.3) is 0 Å². The Morgan fingerprint density at radius 2 is 2.17 bits per heavy atom. The minimum Gasteiger partial charge on any atom is -0.465 e. The standard InChI is InChI=1S/C9H7ClO2/c1-2-12-8-6-4-3-5-7(8)9(10)11/h2-6H,1H2. The maximum Gasteiger partial charge on any atom is 0.256 e. The van der Waals surface area contributed by atoms with E-state index in [0.717, 1.165) is 0 Å². The summed E-state index contributed by atoms with van der Waals surface area (Å²) in [6.07, 6.45) is 1.25. The zero-order valence-corrected chi connectivity index (χ0v) is 7.04. The molecule has 0 unspecified atom stereocenters. The van der Waals surface area contributed by atoms with Gasteiger partial charge in [0.25, 0.3) is 5.24 Å². The van der Waals surface area contributed by atoms with Crippen molar-refractivity contribution in [1.82, 2.24) is 0 Å². The summed E-state index contributed by atoms with van der Waals surface area (Å²) in [6.45, 7) is 3.38. The Morgan fingerprint density at radius 1 is 1.50 bits per heavy atom. The molecule has 0 aromatic heterocycles. The van der Waals surface area contributed by atoms with Gasteiger partial charge in [0, 0.05) is 0 Å². The second kappa shape index (κ2) is 3.93. The van der Waals surface area contributed by atoms with E-state index in [1.165, 1.54) is 6.26 Å². The van der Waals surface area contributed by atoms with Crippen LogP contribution in [0.2, 0.25) is 0 Å². The minimum absolute atomic E-state index is 0.346. The fourth-order valence-corrected chi connectivity index (χ4v) is 0.978. The molecule has 0 aliphatic rings. The average Bonchev–Trinajstić information content (AvgIpc) is 2.05. The summed E-state index contributed by atoms with van der Waals surface area (Å²) < 4.78 is 4.96. The van der Waals surface area contributed by atoms with Gasteiger partial charge in [-0.25, -0.2) is 0 Å². The predicted octanol–water partition coefficient (Wildman–Crippen LogP) is 2.59. The molecule has 12 heavy (non-hydrogen) atoms. The highest BCUT2D eigenvalue weighted by molar-refractivity contribution is 6.68. The third-order valence-electron chi connectivity index (χ3n) is 1.31. The van der Waals surface area contributed by atoms with Gasteiger partial charge in [-0.05, 0) is 23.7 Å². The highest BCUT2D eigenvalue weighted by atomic mass is 35.5. The van der Waals surface area contributed by atoms with Crippen molar-refractivity contribution in [3.8, 4) is 5.75 Å². The number of carbonyl (C=O) groups is 1. The lowest BCUT2D eigenvalue weighted by Crippen LogP contribution is -1.93. The maximum absolute atomic E-state index is 10.8. The second-order valence-corrected chi connectivity index (χ2v) is 2.40. The van der Waals surface area contributed by atoms with E-state index < -0.39 is 5.24 Å². The molecule has 1 aromatic carbocycles. The Morgan fingerprint density at radius 3 is 2.75 bits per heavy atom. The number of benzene rings is 1. The van der Waals surface area contributed by atoms with Crippen LogP contribution in [0.15, 0.2) is 37.1 Å². The third-order valence-corrected chi connectivity index (χ3v) is 1.51. The van der Waals surface area contributed by atoms with Gasteiger partial charge in [0.05, 0.1) is 11.8 Å². The monoisotopic (exact) mass is 182 g/mol. The van der Waals surface area contributed by atoms with Crippen LogP contribution >= 0.6 is 11.6 Å². The molecule has 0 fully saturated rings. The summed E-state index contributed by atoms with van der Waals surface area (Å²) in [4.78, 5) is 10.8. The fourth-order valence-electron chi connectivity index (χ4n) is 0.822. The largest absolute Gasteiger partial charge is 0.465 e. The fraction of sp³-hybridized carbons (Fsp3) is 0. The van der Waals surface area contributed by atoms with E-state index in [-0.39, 0.29) is 0 Å². The van der Waals surface area contributed by atoms with E-state index in [1.54, 1.807) is 24.3 Å². The zero-order chi connectivity index (χ0) is 8.97. The molecule has 0 saturated heterocycles. The molecule has 0 aliphatic heterocycles. The van der Waals surface area contributed by atoms with Crippen LogP contribution in [0.3, 0.4) is 0 Å². The number of hydrogen-bond donors (Lipinski definition) is 0. The first-order valence-electron chi connectivity index (χ1n) is 3.32. The molecule has 1 rings (SSSR count). The summed E-state index contributed by atoms with van der Waals surface area (Å²) >= 11 is 5.29. The normalized spacial score (nSPS) is 9.08. The maximum atomic E-state index is 10.8. The highest BCUT2D eigenvalue weighted by Crippen LogP contribution is 2.19.